The monoisotopic (exact) mass is 233 g/mol. The molecule has 0 amide bonds. The van der Waals surface area contributed by atoms with Crippen LogP contribution in [0.3, 0.4) is 0 Å². The van der Waals surface area contributed by atoms with Crippen molar-refractivity contribution in [3.05, 3.63) is 83.9 Å². The lowest BCUT2D eigenvalue weighted by atomic mass is 9.97. The molecular formula is C17H15N. The number of nitrogens with one attached hydrogen (secondary N) is 1. The maximum Gasteiger partial charge on any atom is 0.0495 e. The van der Waals surface area contributed by atoms with E-state index in [2.05, 4.69) is 66.0 Å². The number of allylic oxidation sites excluding steroid dienone is 2. The molecule has 0 fully saturated rings. The molecule has 0 saturated heterocycles. The van der Waals surface area contributed by atoms with Gasteiger partial charge < -0.3 is 5.32 Å². The summed E-state index contributed by atoms with van der Waals surface area (Å²) in [5, 5.41) is 3.48. The molecule has 1 aliphatic rings. The minimum Gasteiger partial charge on any atom is -0.381 e. The summed E-state index contributed by atoms with van der Waals surface area (Å²) in [6.45, 7) is 0.889. The normalized spacial score (nSPS) is 14.4. The Morgan fingerprint density at radius 2 is 1.33 bits per heavy atom. The highest BCUT2D eigenvalue weighted by Gasteiger charge is 2.11. The Balaban J connectivity index is 2.13. The van der Waals surface area contributed by atoms with E-state index in [0.717, 1.165) is 6.54 Å². The van der Waals surface area contributed by atoms with Crippen molar-refractivity contribution in [2.24, 2.45) is 0 Å². The summed E-state index contributed by atoms with van der Waals surface area (Å²) in [6.07, 6.45) is 4.36. The van der Waals surface area contributed by atoms with Gasteiger partial charge in [0.1, 0.15) is 0 Å². The molecule has 0 unspecified atom stereocenters. The molecule has 0 aliphatic carbocycles. The third-order valence-electron chi connectivity index (χ3n) is 3.10. The van der Waals surface area contributed by atoms with Crippen molar-refractivity contribution < 1.29 is 0 Å². The Morgan fingerprint density at radius 1 is 0.722 bits per heavy atom. The third kappa shape index (κ3) is 2.07. The third-order valence-corrected chi connectivity index (χ3v) is 3.10. The topological polar surface area (TPSA) is 12.0 Å². The molecule has 88 valence electrons. The van der Waals surface area contributed by atoms with Crippen molar-refractivity contribution in [2.75, 3.05) is 6.54 Å². The van der Waals surface area contributed by atoms with Crippen LogP contribution in [0.15, 0.2) is 72.8 Å². The van der Waals surface area contributed by atoms with Gasteiger partial charge in [-0.05, 0) is 11.1 Å². The fraction of sp³-hybridized carbons (Fsp3) is 0.0588. The fourth-order valence-electron chi connectivity index (χ4n) is 2.24. The van der Waals surface area contributed by atoms with Crippen molar-refractivity contribution in [1.82, 2.24) is 5.32 Å². The Labute approximate surface area is 107 Å². The highest BCUT2D eigenvalue weighted by atomic mass is 14.9. The molecule has 1 nitrogen and oxygen atoms in total. The average Bonchev–Trinajstić information content (AvgIpc) is 2.49. The van der Waals surface area contributed by atoms with Crippen LogP contribution >= 0.6 is 0 Å². The summed E-state index contributed by atoms with van der Waals surface area (Å²) >= 11 is 0. The molecule has 1 heteroatoms. The molecular weight excluding hydrogens is 218 g/mol. The molecule has 1 heterocycles. The van der Waals surface area contributed by atoms with Gasteiger partial charge in [0.15, 0.2) is 0 Å². The van der Waals surface area contributed by atoms with E-state index in [-0.39, 0.29) is 0 Å². The van der Waals surface area contributed by atoms with Gasteiger partial charge in [-0.25, -0.2) is 0 Å². The zero-order valence-electron chi connectivity index (χ0n) is 10.1. The van der Waals surface area contributed by atoms with E-state index in [9.17, 15) is 0 Å². The molecule has 0 aromatic heterocycles. The average molecular weight is 233 g/mol. The van der Waals surface area contributed by atoms with E-state index in [4.69, 9.17) is 0 Å². The number of benzene rings is 2. The Kier molecular flexibility index (Phi) is 2.97. The van der Waals surface area contributed by atoms with Crippen LogP contribution in [0.25, 0.3) is 11.3 Å². The number of dihydropyridines is 1. The zero-order chi connectivity index (χ0) is 12.2. The van der Waals surface area contributed by atoms with E-state index >= 15 is 0 Å². The first-order valence-electron chi connectivity index (χ1n) is 6.21. The van der Waals surface area contributed by atoms with Crippen LogP contribution in [-0.2, 0) is 0 Å². The standard InChI is InChI=1S/C17H15N/c1-3-8-14(9-4-1)16-12-7-13-18-17(16)15-10-5-2-6-11-15/h1-12,18H,13H2. The van der Waals surface area contributed by atoms with Gasteiger partial charge in [0.05, 0.1) is 0 Å². The number of hydrogen-bond donors (Lipinski definition) is 1. The van der Waals surface area contributed by atoms with Gasteiger partial charge in [0, 0.05) is 17.8 Å². The van der Waals surface area contributed by atoms with Gasteiger partial charge in [0.25, 0.3) is 0 Å². The summed E-state index contributed by atoms with van der Waals surface area (Å²) in [5.41, 5.74) is 4.96. The Hall–Kier alpha value is -2.28. The van der Waals surface area contributed by atoms with Crippen LogP contribution in [0.5, 0.6) is 0 Å². The Bertz CT molecular complexity index is 580. The van der Waals surface area contributed by atoms with Gasteiger partial charge in [-0.1, -0.05) is 72.8 Å². The maximum atomic E-state index is 3.48. The summed E-state index contributed by atoms with van der Waals surface area (Å²) < 4.78 is 0. The highest BCUT2D eigenvalue weighted by Crippen LogP contribution is 2.27. The molecule has 1 N–H and O–H groups in total. The van der Waals surface area contributed by atoms with E-state index in [1.807, 2.05) is 12.1 Å². The number of hydrogen-bond acceptors (Lipinski definition) is 1. The lowest BCUT2D eigenvalue weighted by Crippen LogP contribution is -2.16. The second kappa shape index (κ2) is 4.92. The molecule has 0 atom stereocenters. The maximum absolute atomic E-state index is 3.48. The Morgan fingerprint density at radius 3 is 2.00 bits per heavy atom. The molecule has 3 rings (SSSR count). The molecule has 0 radical (unpaired) electrons. The quantitative estimate of drug-likeness (QED) is 0.833. The first kappa shape index (κ1) is 10.8. The summed E-state index contributed by atoms with van der Waals surface area (Å²) in [5.74, 6) is 0. The van der Waals surface area contributed by atoms with Crippen LogP contribution in [-0.4, -0.2) is 6.54 Å². The first-order chi connectivity index (χ1) is 8.95. The highest BCUT2D eigenvalue weighted by molar-refractivity contribution is 5.95. The van der Waals surface area contributed by atoms with Crippen LogP contribution < -0.4 is 5.32 Å². The second-order valence-corrected chi connectivity index (χ2v) is 4.30. The molecule has 18 heavy (non-hydrogen) atoms. The lowest BCUT2D eigenvalue weighted by molar-refractivity contribution is 0.999. The van der Waals surface area contributed by atoms with E-state index in [1.165, 1.54) is 22.4 Å². The van der Waals surface area contributed by atoms with Gasteiger partial charge >= 0.3 is 0 Å². The zero-order valence-corrected chi connectivity index (χ0v) is 10.1. The van der Waals surface area contributed by atoms with E-state index in [0.29, 0.717) is 0 Å². The summed E-state index contributed by atoms with van der Waals surface area (Å²) in [7, 11) is 0. The molecule has 0 bridgehead atoms. The van der Waals surface area contributed by atoms with Gasteiger partial charge in [-0.15, -0.1) is 0 Å². The van der Waals surface area contributed by atoms with Crippen molar-refractivity contribution in [3.63, 3.8) is 0 Å². The van der Waals surface area contributed by atoms with Crippen LogP contribution in [0.1, 0.15) is 11.1 Å². The summed E-state index contributed by atoms with van der Waals surface area (Å²) in [4.78, 5) is 0. The van der Waals surface area contributed by atoms with Crippen LogP contribution in [0, 0.1) is 0 Å². The lowest BCUT2D eigenvalue weighted by Gasteiger charge is -2.18. The van der Waals surface area contributed by atoms with Gasteiger partial charge in [-0.3, -0.25) is 0 Å². The molecule has 2 aromatic carbocycles. The fourth-order valence-corrected chi connectivity index (χ4v) is 2.24. The van der Waals surface area contributed by atoms with E-state index < -0.39 is 0 Å². The predicted molar refractivity (Wildman–Crippen MR) is 76.8 cm³/mol. The number of rotatable bonds is 2. The SMILES string of the molecule is C1=CC(c2ccccc2)=C(c2ccccc2)NC1. The minimum absolute atomic E-state index is 0.889. The predicted octanol–water partition coefficient (Wildman–Crippen LogP) is 3.71. The smallest absolute Gasteiger partial charge is 0.0495 e. The first-order valence-corrected chi connectivity index (χ1v) is 6.21. The van der Waals surface area contributed by atoms with Gasteiger partial charge in [0.2, 0.25) is 0 Å². The summed E-state index contributed by atoms with van der Waals surface area (Å²) in [6, 6.07) is 21.0. The van der Waals surface area contributed by atoms with Crippen molar-refractivity contribution in [2.45, 2.75) is 0 Å². The van der Waals surface area contributed by atoms with Crippen molar-refractivity contribution in [3.8, 4) is 0 Å². The second-order valence-electron chi connectivity index (χ2n) is 4.30. The van der Waals surface area contributed by atoms with Crippen LogP contribution in [0.4, 0.5) is 0 Å². The molecule has 0 spiro atoms. The van der Waals surface area contributed by atoms with Crippen molar-refractivity contribution >= 4 is 11.3 Å². The van der Waals surface area contributed by atoms with Crippen molar-refractivity contribution in [1.29, 1.82) is 0 Å². The largest absolute Gasteiger partial charge is 0.381 e. The minimum atomic E-state index is 0.889. The molecule has 2 aromatic rings. The van der Waals surface area contributed by atoms with Gasteiger partial charge in [-0.2, -0.15) is 0 Å². The molecule has 0 saturated carbocycles. The van der Waals surface area contributed by atoms with Crippen LogP contribution in [0.2, 0.25) is 0 Å². The molecule has 1 aliphatic heterocycles. The van der Waals surface area contributed by atoms with E-state index in [1.54, 1.807) is 0 Å².